The van der Waals surface area contributed by atoms with E-state index in [1.54, 1.807) is 0 Å². The van der Waals surface area contributed by atoms with Crippen LogP contribution < -0.4 is 0 Å². The van der Waals surface area contributed by atoms with E-state index in [2.05, 4.69) is 41.8 Å². The minimum Gasteiger partial charge on any atom is -0.392 e. The SMILES string of the molecule is CCc1nn(CC)c(CC(O)C2CC2C)c1Br. The van der Waals surface area contributed by atoms with Crippen LogP contribution in [0.5, 0.6) is 0 Å². The Hall–Kier alpha value is -0.350. The maximum Gasteiger partial charge on any atom is 0.0766 e. The fourth-order valence-corrected chi connectivity index (χ4v) is 3.18. The molecule has 0 aromatic carbocycles. The van der Waals surface area contributed by atoms with Gasteiger partial charge in [-0.2, -0.15) is 5.10 Å². The lowest BCUT2D eigenvalue weighted by atomic mass is 10.1. The van der Waals surface area contributed by atoms with Crippen LogP contribution in [-0.2, 0) is 19.4 Å². The van der Waals surface area contributed by atoms with Gasteiger partial charge in [0, 0.05) is 13.0 Å². The predicted octanol–water partition coefficient (Wildman–Crippen LogP) is 2.79. The fraction of sp³-hybridized carbons (Fsp3) is 0.769. The Labute approximate surface area is 111 Å². The highest BCUT2D eigenvalue weighted by Crippen LogP contribution is 2.42. The molecule has 1 heterocycles. The molecule has 3 atom stereocenters. The topological polar surface area (TPSA) is 38.0 Å². The van der Waals surface area contributed by atoms with Crippen LogP contribution in [0.25, 0.3) is 0 Å². The average Bonchev–Trinajstić information content (AvgIpc) is 2.97. The minimum absolute atomic E-state index is 0.215. The Morgan fingerprint density at radius 3 is 2.65 bits per heavy atom. The van der Waals surface area contributed by atoms with Crippen molar-refractivity contribution in [2.75, 3.05) is 0 Å². The van der Waals surface area contributed by atoms with E-state index in [9.17, 15) is 5.11 Å². The number of aromatic nitrogens is 2. The van der Waals surface area contributed by atoms with Gasteiger partial charge in [0.2, 0.25) is 0 Å². The van der Waals surface area contributed by atoms with Gasteiger partial charge < -0.3 is 5.11 Å². The first kappa shape index (κ1) is 13.1. The number of rotatable bonds is 5. The van der Waals surface area contributed by atoms with Crippen molar-refractivity contribution in [2.45, 2.75) is 52.7 Å². The third-order valence-corrected chi connectivity index (χ3v) is 4.68. The molecule has 0 aliphatic heterocycles. The van der Waals surface area contributed by atoms with Gasteiger partial charge in [-0.25, -0.2) is 0 Å². The van der Waals surface area contributed by atoms with Crippen molar-refractivity contribution in [2.24, 2.45) is 11.8 Å². The minimum atomic E-state index is -0.215. The van der Waals surface area contributed by atoms with Crippen LogP contribution in [-0.4, -0.2) is 21.0 Å². The zero-order chi connectivity index (χ0) is 12.6. The van der Waals surface area contributed by atoms with Gasteiger partial charge in [0.25, 0.3) is 0 Å². The highest BCUT2D eigenvalue weighted by atomic mass is 79.9. The molecule has 4 heteroatoms. The third-order valence-electron chi connectivity index (χ3n) is 3.76. The second-order valence-electron chi connectivity index (χ2n) is 5.02. The highest BCUT2D eigenvalue weighted by molar-refractivity contribution is 9.10. The largest absolute Gasteiger partial charge is 0.392 e. The van der Waals surface area contributed by atoms with Crippen LogP contribution in [0.3, 0.4) is 0 Å². The molecule has 17 heavy (non-hydrogen) atoms. The van der Waals surface area contributed by atoms with Gasteiger partial charge in [0.15, 0.2) is 0 Å². The van der Waals surface area contributed by atoms with Gasteiger partial charge in [-0.3, -0.25) is 4.68 Å². The summed E-state index contributed by atoms with van der Waals surface area (Å²) in [4.78, 5) is 0. The quantitative estimate of drug-likeness (QED) is 0.908. The van der Waals surface area contributed by atoms with Gasteiger partial charge >= 0.3 is 0 Å². The van der Waals surface area contributed by atoms with Gasteiger partial charge in [0.1, 0.15) is 0 Å². The monoisotopic (exact) mass is 300 g/mol. The second-order valence-corrected chi connectivity index (χ2v) is 5.82. The van der Waals surface area contributed by atoms with Crippen LogP contribution >= 0.6 is 15.9 Å². The normalized spacial score (nSPS) is 25.0. The fourth-order valence-electron chi connectivity index (χ4n) is 2.45. The molecule has 1 aromatic rings. The number of aliphatic hydroxyl groups is 1. The van der Waals surface area contributed by atoms with Crippen molar-refractivity contribution < 1.29 is 5.11 Å². The van der Waals surface area contributed by atoms with Crippen molar-refractivity contribution in [3.8, 4) is 0 Å². The molecule has 1 aliphatic rings. The van der Waals surface area contributed by atoms with E-state index >= 15 is 0 Å². The lowest BCUT2D eigenvalue weighted by molar-refractivity contribution is 0.143. The molecule has 1 aliphatic carbocycles. The van der Waals surface area contributed by atoms with Crippen molar-refractivity contribution in [1.82, 2.24) is 9.78 Å². The van der Waals surface area contributed by atoms with Crippen LogP contribution in [0.15, 0.2) is 4.47 Å². The van der Waals surface area contributed by atoms with E-state index in [-0.39, 0.29) is 6.10 Å². The van der Waals surface area contributed by atoms with Crippen molar-refractivity contribution in [1.29, 1.82) is 0 Å². The van der Waals surface area contributed by atoms with Gasteiger partial charge in [-0.1, -0.05) is 13.8 Å². The Bertz CT molecular complexity index is 402. The molecule has 0 amide bonds. The predicted molar refractivity (Wildman–Crippen MR) is 72.0 cm³/mol. The number of hydrogen-bond acceptors (Lipinski definition) is 2. The summed E-state index contributed by atoms with van der Waals surface area (Å²) >= 11 is 3.62. The Morgan fingerprint density at radius 2 is 2.18 bits per heavy atom. The molecule has 2 rings (SSSR count). The van der Waals surface area contributed by atoms with Crippen LogP contribution in [0.1, 0.15) is 38.6 Å². The van der Waals surface area contributed by atoms with Crippen molar-refractivity contribution >= 4 is 15.9 Å². The Kier molecular flexibility index (Phi) is 3.93. The van der Waals surface area contributed by atoms with Crippen LogP contribution in [0.4, 0.5) is 0 Å². The number of hydrogen-bond donors (Lipinski definition) is 1. The summed E-state index contributed by atoms with van der Waals surface area (Å²) in [6, 6.07) is 0. The van der Waals surface area contributed by atoms with E-state index in [0.29, 0.717) is 11.8 Å². The number of aliphatic hydroxyl groups excluding tert-OH is 1. The van der Waals surface area contributed by atoms with Crippen LogP contribution in [0.2, 0.25) is 0 Å². The lowest BCUT2D eigenvalue weighted by Gasteiger charge is -2.11. The molecule has 0 saturated heterocycles. The molecule has 0 bridgehead atoms. The van der Waals surface area contributed by atoms with E-state index in [1.807, 2.05) is 4.68 Å². The zero-order valence-corrected chi connectivity index (χ0v) is 12.4. The lowest BCUT2D eigenvalue weighted by Crippen LogP contribution is -2.17. The van der Waals surface area contributed by atoms with E-state index in [0.717, 1.165) is 35.2 Å². The summed E-state index contributed by atoms with van der Waals surface area (Å²) in [5.41, 5.74) is 2.24. The average molecular weight is 301 g/mol. The summed E-state index contributed by atoms with van der Waals surface area (Å²) in [6.07, 6.45) is 2.60. The molecule has 1 aromatic heterocycles. The van der Waals surface area contributed by atoms with Gasteiger partial charge in [-0.05, 0) is 47.5 Å². The van der Waals surface area contributed by atoms with E-state index < -0.39 is 0 Å². The summed E-state index contributed by atoms with van der Waals surface area (Å²) < 4.78 is 3.10. The Balaban J connectivity index is 2.16. The number of nitrogens with zero attached hydrogens (tertiary/aromatic N) is 2. The molecule has 3 nitrogen and oxygen atoms in total. The van der Waals surface area contributed by atoms with Crippen molar-refractivity contribution in [3.63, 3.8) is 0 Å². The molecule has 3 unspecified atom stereocenters. The number of aryl methyl sites for hydroxylation is 2. The molecule has 96 valence electrons. The summed E-state index contributed by atoms with van der Waals surface area (Å²) in [6.45, 7) is 7.27. The van der Waals surface area contributed by atoms with E-state index in [1.165, 1.54) is 6.42 Å². The van der Waals surface area contributed by atoms with Gasteiger partial charge in [-0.15, -0.1) is 0 Å². The zero-order valence-electron chi connectivity index (χ0n) is 10.8. The first-order valence-electron chi connectivity index (χ1n) is 6.50. The second kappa shape index (κ2) is 5.11. The molecule has 1 saturated carbocycles. The summed E-state index contributed by atoms with van der Waals surface area (Å²) in [5.74, 6) is 1.18. The number of halogens is 1. The molecule has 1 N–H and O–H groups in total. The molecule has 0 spiro atoms. The standard InChI is InChI=1S/C13H21BrN2O/c1-4-10-13(14)11(16(5-2)15-10)7-12(17)9-6-8(9)3/h8-9,12,17H,4-7H2,1-3H3. The summed E-state index contributed by atoms with van der Waals surface area (Å²) in [7, 11) is 0. The third kappa shape index (κ3) is 2.58. The van der Waals surface area contributed by atoms with E-state index in [4.69, 9.17) is 0 Å². The Morgan fingerprint density at radius 1 is 1.53 bits per heavy atom. The first-order valence-corrected chi connectivity index (χ1v) is 7.29. The smallest absolute Gasteiger partial charge is 0.0766 e. The molecule has 0 radical (unpaired) electrons. The van der Waals surface area contributed by atoms with Crippen molar-refractivity contribution in [3.05, 3.63) is 15.9 Å². The maximum absolute atomic E-state index is 10.2. The highest BCUT2D eigenvalue weighted by Gasteiger charge is 2.39. The molecule has 1 fully saturated rings. The molecular weight excluding hydrogens is 280 g/mol. The summed E-state index contributed by atoms with van der Waals surface area (Å²) in [5, 5.41) is 14.7. The first-order chi connectivity index (χ1) is 8.08. The maximum atomic E-state index is 10.2. The van der Waals surface area contributed by atoms with Crippen LogP contribution in [0, 0.1) is 11.8 Å². The molecular formula is C13H21BrN2O. The van der Waals surface area contributed by atoms with Gasteiger partial charge in [0.05, 0.1) is 22.0 Å².